The van der Waals surface area contributed by atoms with E-state index in [0.717, 1.165) is 0 Å². The van der Waals surface area contributed by atoms with Gasteiger partial charge < -0.3 is 4.74 Å². The first kappa shape index (κ1) is 12.3. The predicted molar refractivity (Wildman–Crippen MR) is 60.7 cm³/mol. The van der Waals surface area contributed by atoms with Gasteiger partial charge in [0.15, 0.2) is 0 Å². The fourth-order valence-corrected chi connectivity index (χ4v) is 1.10. The molecule has 1 rings (SSSR count). The highest BCUT2D eigenvalue weighted by molar-refractivity contribution is 6.02. The molecule has 84 valence electrons. The molecule has 0 aliphatic rings. The minimum Gasteiger partial charge on any atom is -0.497 e. The molecule has 0 aliphatic heterocycles. The van der Waals surface area contributed by atoms with Gasteiger partial charge in [-0.25, -0.2) is 0 Å². The van der Waals surface area contributed by atoms with Crippen molar-refractivity contribution in [3.63, 3.8) is 0 Å². The first-order valence-electron chi connectivity index (χ1n) is 4.56. The van der Waals surface area contributed by atoms with E-state index in [4.69, 9.17) is 15.5 Å². The topological polar surface area (TPSA) is 98.8 Å². The van der Waals surface area contributed by atoms with Crippen LogP contribution < -0.4 is 4.74 Å². The van der Waals surface area contributed by atoms with Crippen LogP contribution in [0.4, 0.5) is 0 Å². The third kappa shape index (κ3) is 3.38. The highest BCUT2D eigenvalue weighted by Gasteiger charge is 2.06. The lowest BCUT2D eigenvalue weighted by Crippen LogP contribution is -1.94. The number of nitriles is 1. The van der Waals surface area contributed by atoms with Crippen molar-refractivity contribution < 1.29 is 9.53 Å². The Morgan fingerprint density at radius 1 is 1.53 bits per heavy atom. The Labute approximate surface area is 97.4 Å². The Kier molecular flexibility index (Phi) is 4.31. The monoisotopic (exact) mass is 228 g/mol. The summed E-state index contributed by atoms with van der Waals surface area (Å²) < 4.78 is 4.97. The van der Waals surface area contributed by atoms with E-state index in [2.05, 4.69) is 10.0 Å². The summed E-state index contributed by atoms with van der Waals surface area (Å²) in [5, 5.41) is 11.6. The summed E-state index contributed by atoms with van der Waals surface area (Å²) in [5.74, 6) is -0.229. The van der Waals surface area contributed by atoms with Gasteiger partial charge in [0.2, 0.25) is 0 Å². The van der Waals surface area contributed by atoms with Crippen LogP contribution in [-0.2, 0) is 4.79 Å². The number of methoxy groups -OCH3 is 1. The zero-order valence-electron chi connectivity index (χ0n) is 8.99. The number of amides is 1. The van der Waals surface area contributed by atoms with Crippen LogP contribution in [0.15, 0.2) is 35.0 Å². The first-order chi connectivity index (χ1) is 8.21. The highest BCUT2D eigenvalue weighted by atomic mass is 16.5. The maximum Gasteiger partial charge on any atom is 0.259 e. The normalized spacial score (nSPS) is 10.0. The molecule has 17 heavy (non-hydrogen) atoms. The number of hydrogen-bond acceptors (Lipinski definition) is 3. The smallest absolute Gasteiger partial charge is 0.259 e. The average Bonchev–Trinajstić information content (AvgIpc) is 2.37. The summed E-state index contributed by atoms with van der Waals surface area (Å²) in [6.45, 7) is 0. The Bertz CT molecular complexity index is 534. The first-order valence-corrected chi connectivity index (χ1v) is 4.56. The Balaban J connectivity index is 3.03. The van der Waals surface area contributed by atoms with E-state index in [9.17, 15) is 4.79 Å². The number of carbonyl (C=O) groups excluding carboxylic acids is 1. The fourth-order valence-electron chi connectivity index (χ4n) is 1.10. The van der Waals surface area contributed by atoms with Crippen molar-refractivity contribution in [1.29, 1.82) is 5.26 Å². The number of nitrogens with zero attached hydrogens (tertiary/aromatic N) is 4. The Morgan fingerprint density at radius 2 is 2.18 bits per heavy atom. The molecule has 0 saturated carbocycles. The molecule has 1 aromatic carbocycles. The summed E-state index contributed by atoms with van der Waals surface area (Å²) >= 11 is 0. The van der Waals surface area contributed by atoms with E-state index in [1.807, 2.05) is 0 Å². The van der Waals surface area contributed by atoms with Gasteiger partial charge in [0, 0.05) is 4.91 Å². The molecule has 0 heterocycles. The molecule has 0 bridgehead atoms. The Hall–Kier alpha value is -2.77. The van der Waals surface area contributed by atoms with E-state index in [-0.39, 0.29) is 5.57 Å². The van der Waals surface area contributed by atoms with E-state index in [1.54, 1.807) is 30.3 Å². The molecule has 0 radical (unpaired) electrons. The van der Waals surface area contributed by atoms with Crippen LogP contribution >= 0.6 is 0 Å². The summed E-state index contributed by atoms with van der Waals surface area (Å²) in [5.41, 5.74) is 8.53. The van der Waals surface area contributed by atoms with Gasteiger partial charge in [0.25, 0.3) is 5.91 Å². The van der Waals surface area contributed by atoms with Crippen molar-refractivity contribution in [3.8, 4) is 11.8 Å². The molecular weight excluding hydrogens is 220 g/mol. The summed E-state index contributed by atoms with van der Waals surface area (Å²) in [4.78, 5) is 13.5. The molecule has 0 fully saturated rings. The van der Waals surface area contributed by atoms with Crippen molar-refractivity contribution in [2.24, 2.45) is 5.11 Å². The minimum atomic E-state index is -0.897. The van der Waals surface area contributed by atoms with Gasteiger partial charge in [-0.2, -0.15) is 5.26 Å². The molecule has 1 amide bonds. The second-order valence-corrected chi connectivity index (χ2v) is 2.94. The zero-order chi connectivity index (χ0) is 12.7. The molecule has 6 heteroatoms. The number of carbonyl (C=O) groups is 1. The lowest BCUT2D eigenvalue weighted by atomic mass is 10.1. The predicted octanol–water partition coefficient (Wildman–Crippen LogP) is 2.44. The molecule has 0 N–H and O–H groups in total. The number of azide groups is 1. The summed E-state index contributed by atoms with van der Waals surface area (Å²) in [6.07, 6.45) is 1.34. The number of ether oxygens (including phenoxy) is 1. The molecule has 1 aromatic rings. The molecule has 0 saturated heterocycles. The van der Waals surface area contributed by atoms with Crippen LogP contribution in [-0.4, -0.2) is 13.0 Å². The molecule has 6 nitrogen and oxygen atoms in total. The lowest BCUT2D eigenvalue weighted by molar-refractivity contribution is -0.114. The van der Waals surface area contributed by atoms with Crippen LogP contribution in [0.1, 0.15) is 5.56 Å². The van der Waals surface area contributed by atoms with Crippen molar-refractivity contribution in [2.75, 3.05) is 7.11 Å². The van der Waals surface area contributed by atoms with Crippen LogP contribution in [0.5, 0.6) is 5.75 Å². The van der Waals surface area contributed by atoms with Gasteiger partial charge >= 0.3 is 0 Å². The van der Waals surface area contributed by atoms with Crippen molar-refractivity contribution >= 4 is 12.0 Å². The van der Waals surface area contributed by atoms with Gasteiger partial charge in [0.1, 0.15) is 17.4 Å². The number of benzene rings is 1. The van der Waals surface area contributed by atoms with E-state index in [1.165, 1.54) is 13.2 Å². The molecule has 0 atom stereocenters. The average molecular weight is 228 g/mol. The minimum absolute atomic E-state index is 0.215. The molecule has 0 spiro atoms. The lowest BCUT2D eigenvalue weighted by Gasteiger charge is -1.99. The zero-order valence-corrected chi connectivity index (χ0v) is 8.99. The van der Waals surface area contributed by atoms with Crippen LogP contribution in [0, 0.1) is 11.3 Å². The molecule has 0 unspecified atom stereocenters. The van der Waals surface area contributed by atoms with Gasteiger partial charge in [-0.05, 0) is 34.4 Å². The van der Waals surface area contributed by atoms with E-state index >= 15 is 0 Å². The maximum atomic E-state index is 11.2. The highest BCUT2D eigenvalue weighted by Crippen LogP contribution is 2.14. The SMILES string of the molecule is COc1ccc(/C=C(\C#N)C(=O)N=[N+]=[N-])cc1. The van der Waals surface area contributed by atoms with Crippen molar-refractivity contribution in [3.05, 3.63) is 45.8 Å². The third-order valence-electron chi connectivity index (χ3n) is 1.91. The number of rotatable bonds is 3. The maximum absolute atomic E-state index is 11.2. The number of hydrogen-bond donors (Lipinski definition) is 0. The van der Waals surface area contributed by atoms with Crippen LogP contribution in [0.3, 0.4) is 0 Å². The standard InChI is InChI=1S/C11H8N4O2/c1-17-10-4-2-8(3-5-10)6-9(7-12)11(16)14-15-13/h2-6H,1H3/b9-6+. The third-order valence-corrected chi connectivity index (χ3v) is 1.91. The largest absolute Gasteiger partial charge is 0.497 e. The van der Waals surface area contributed by atoms with Gasteiger partial charge in [-0.15, -0.1) is 0 Å². The van der Waals surface area contributed by atoms with Crippen LogP contribution in [0.25, 0.3) is 16.5 Å². The second-order valence-electron chi connectivity index (χ2n) is 2.94. The van der Waals surface area contributed by atoms with Gasteiger partial charge in [-0.3, -0.25) is 4.79 Å². The van der Waals surface area contributed by atoms with E-state index in [0.29, 0.717) is 11.3 Å². The summed E-state index contributed by atoms with van der Waals surface area (Å²) in [6, 6.07) is 8.43. The summed E-state index contributed by atoms with van der Waals surface area (Å²) in [7, 11) is 1.54. The molecule has 0 aromatic heterocycles. The molecule has 0 aliphatic carbocycles. The Morgan fingerprint density at radius 3 is 2.65 bits per heavy atom. The molecular formula is C11H8N4O2. The van der Waals surface area contributed by atoms with Crippen LogP contribution in [0.2, 0.25) is 0 Å². The van der Waals surface area contributed by atoms with Crippen molar-refractivity contribution in [2.45, 2.75) is 0 Å². The van der Waals surface area contributed by atoms with Gasteiger partial charge in [-0.1, -0.05) is 12.1 Å². The quantitative estimate of drug-likeness (QED) is 0.261. The van der Waals surface area contributed by atoms with E-state index < -0.39 is 5.91 Å². The van der Waals surface area contributed by atoms with Crippen molar-refractivity contribution in [1.82, 2.24) is 0 Å². The van der Waals surface area contributed by atoms with Gasteiger partial charge in [0.05, 0.1) is 7.11 Å². The fraction of sp³-hybridized carbons (Fsp3) is 0.0909. The second kappa shape index (κ2) is 5.95.